The lowest BCUT2D eigenvalue weighted by Gasteiger charge is -2.09. The Labute approximate surface area is 140 Å². The van der Waals surface area contributed by atoms with Crippen LogP contribution in [0.25, 0.3) is 11.0 Å². The molecule has 23 heavy (non-hydrogen) atoms. The van der Waals surface area contributed by atoms with E-state index in [0.29, 0.717) is 5.82 Å². The van der Waals surface area contributed by atoms with E-state index in [1.807, 2.05) is 18.2 Å². The van der Waals surface area contributed by atoms with Crippen molar-refractivity contribution in [3.8, 4) is 12.3 Å². The third kappa shape index (κ3) is 3.17. The lowest BCUT2D eigenvalue weighted by Crippen LogP contribution is -2.00. The lowest BCUT2D eigenvalue weighted by atomic mass is 10.2. The Morgan fingerprint density at radius 3 is 2.91 bits per heavy atom. The highest BCUT2D eigenvalue weighted by molar-refractivity contribution is 7.99. The van der Waals surface area contributed by atoms with Gasteiger partial charge in [-0.2, -0.15) is 0 Å². The van der Waals surface area contributed by atoms with E-state index in [-0.39, 0.29) is 0 Å². The fraction of sp³-hybridized carbons (Fsp3) is 0.222. The van der Waals surface area contributed by atoms with E-state index < -0.39 is 0 Å². The van der Waals surface area contributed by atoms with E-state index in [1.54, 1.807) is 18.0 Å². The molecular formula is C18H18N4S. The summed E-state index contributed by atoms with van der Waals surface area (Å²) in [6.45, 7) is 2.92. The van der Waals surface area contributed by atoms with Crippen molar-refractivity contribution in [1.29, 1.82) is 0 Å². The number of fused-ring (bicyclic) bond motifs is 1. The molecule has 2 aromatic heterocycles. The zero-order valence-electron chi connectivity index (χ0n) is 13.0. The van der Waals surface area contributed by atoms with E-state index in [2.05, 4.69) is 34.5 Å². The van der Waals surface area contributed by atoms with Gasteiger partial charge in [0.25, 0.3) is 0 Å². The first-order valence-corrected chi connectivity index (χ1v) is 8.30. The zero-order valence-corrected chi connectivity index (χ0v) is 13.8. The van der Waals surface area contributed by atoms with Gasteiger partial charge in [-0.3, -0.25) is 0 Å². The molecule has 3 rings (SSSR count). The quantitative estimate of drug-likeness (QED) is 0.572. The van der Waals surface area contributed by atoms with Crippen LogP contribution in [0.15, 0.2) is 46.6 Å². The Morgan fingerprint density at radius 2 is 2.13 bits per heavy atom. The number of terminal acetylenes is 1. The third-order valence-electron chi connectivity index (χ3n) is 3.66. The number of rotatable bonds is 5. The van der Waals surface area contributed by atoms with Gasteiger partial charge in [-0.25, -0.2) is 9.97 Å². The summed E-state index contributed by atoms with van der Waals surface area (Å²) >= 11 is 1.65. The minimum absolute atomic E-state index is 0.463. The fourth-order valence-electron chi connectivity index (χ4n) is 2.45. The number of benzene rings is 1. The van der Waals surface area contributed by atoms with Gasteiger partial charge in [0.2, 0.25) is 0 Å². The molecule has 2 N–H and O–H groups in total. The summed E-state index contributed by atoms with van der Waals surface area (Å²) in [6, 6.07) is 10.2. The molecule has 5 heteroatoms. The Bertz CT molecular complexity index is 876. The number of imidazole rings is 1. The number of aromatic nitrogens is 3. The number of nitrogens with zero attached hydrogens (tertiary/aromatic N) is 3. The molecule has 1 aromatic carbocycles. The van der Waals surface area contributed by atoms with E-state index in [4.69, 9.17) is 17.1 Å². The van der Waals surface area contributed by atoms with E-state index in [0.717, 1.165) is 35.6 Å². The molecule has 0 atom stereocenters. The van der Waals surface area contributed by atoms with Crippen molar-refractivity contribution in [2.75, 3.05) is 5.73 Å². The number of aryl methyl sites for hydroxylation is 2. The van der Waals surface area contributed by atoms with Gasteiger partial charge in [0.1, 0.15) is 5.52 Å². The molecule has 0 saturated heterocycles. The first-order chi connectivity index (χ1) is 11.2. The summed E-state index contributed by atoms with van der Waals surface area (Å²) in [7, 11) is 0. The van der Waals surface area contributed by atoms with E-state index >= 15 is 0 Å². The average Bonchev–Trinajstić information content (AvgIpc) is 2.89. The molecule has 2 heterocycles. The normalized spacial score (nSPS) is 10.8. The van der Waals surface area contributed by atoms with Gasteiger partial charge in [-0.1, -0.05) is 30.0 Å². The van der Waals surface area contributed by atoms with Crippen LogP contribution < -0.4 is 5.73 Å². The minimum atomic E-state index is 0.463. The largest absolute Gasteiger partial charge is 0.382 e. The number of nitrogens with two attached hydrogens (primary N) is 1. The first kappa shape index (κ1) is 15.4. The number of pyridine rings is 1. The second kappa shape index (κ2) is 6.76. The monoisotopic (exact) mass is 322 g/mol. The highest BCUT2D eigenvalue weighted by Crippen LogP contribution is 2.33. The molecule has 0 amide bonds. The summed E-state index contributed by atoms with van der Waals surface area (Å²) < 4.78 is 2.18. The Hall–Kier alpha value is -2.45. The van der Waals surface area contributed by atoms with Crippen molar-refractivity contribution >= 4 is 28.6 Å². The number of hydrogen-bond donors (Lipinski definition) is 1. The SMILES string of the molecule is C#CCCCn1c(Sc2ccccc2C)nc2c(N)nccc21. The summed E-state index contributed by atoms with van der Waals surface area (Å²) in [5, 5.41) is 0.922. The van der Waals surface area contributed by atoms with E-state index in [1.165, 1.54) is 10.5 Å². The van der Waals surface area contributed by atoms with Gasteiger partial charge >= 0.3 is 0 Å². The summed E-state index contributed by atoms with van der Waals surface area (Å²) in [4.78, 5) is 10.0. The molecule has 0 spiro atoms. The van der Waals surface area contributed by atoms with Gasteiger partial charge in [-0.05, 0) is 31.0 Å². The smallest absolute Gasteiger partial charge is 0.174 e. The molecular weight excluding hydrogens is 304 g/mol. The third-order valence-corrected chi connectivity index (χ3v) is 4.83. The van der Waals surface area contributed by atoms with Crippen LogP contribution in [0.1, 0.15) is 18.4 Å². The van der Waals surface area contributed by atoms with Gasteiger partial charge in [0, 0.05) is 24.1 Å². The molecule has 0 fully saturated rings. The summed E-state index contributed by atoms with van der Waals surface area (Å²) in [6.07, 6.45) is 8.75. The van der Waals surface area contributed by atoms with Crippen LogP contribution in [0.4, 0.5) is 5.82 Å². The Morgan fingerprint density at radius 1 is 1.30 bits per heavy atom. The summed E-state index contributed by atoms with van der Waals surface area (Å²) in [5.74, 6) is 3.15. The highest BCUT2D eigenvalue weighted by Gasteiger charge is 2.14. The van der Waals surface area contributed by atoms with Crippen molar-refractivity contribution in [3.05, 3.63) is 42.1 Å². The van der Waals surface area contributed by atoms with Crippen LogP contribution in [0.3, 0.4) is 0 Å². The predicted molar refractivity (Wildman–Crippen MR) is 95.3 cm³/mol. The minimum Gasteiger partial charge on any atom is -0.382 e. The van der Waals surface area contributed by atoms with Crippen LogP contribution in [0.2, 0.25) is 0 Å². The average molecular weight is 322 g/mol. The number of hydrogen-bond acceptors (Lipinski definition) is 4. The second-order valence-electron chi connectivity index (χ2n) is 5.29. The maximum absolute atomic E-state index is 5.99. The molecule has 0 saturated carbocycles. The van der Waals surface area contributed by atoms with Gasteiger partial charge in [-0.15, -0.1) is 12.3 Å². The standard InChI is InChI=1S/C18H18N4S/c1-3-4-7-12-22-14-10-11-20-17(19)16(14)21-18(22)23-15-9-6-5-8-13(15)2/h1,5-6,8-11H,4,7,12H2,2H3,(H2,19,20). The topological polar surface area (TPSA) is 56.7 Å². The molecule has 0 bridgehead atoms. The van der Waals surface area contributed by atoms with Crippen LogP contribution in [0, 0.1) is 19.3 Å². The molecule has 0 aliphatic rings. The molecule has 0 aliphatic heterocycles. The van der Waals surface area contributed by atoms with Crippen molar-refractivity contribution in [2.45, 2.75) is 36.4 Å². The maximum atomic E-state index is 5.99. The molecule has 116 valence electrons. The van der Waals surface area contributed by atoms with Crippen molar-refractivity contribution in [3.63, 3.8) is 0 Å². The van der Waals surface area contributed by atoms with Gasteiger partial charge in [0.15, 0.2) is 11.0 Å². The zero-order chi connectivity index (χ0) is 16.2. The first-order valence-electron chi connectivity index (χ1n) is 7.48. The number of nitrogen functional groups attached to an aromatic ring is 1. The summed E-state index contributed by atoms with van der Waals surface area (Å²) in [5.41, 5.74) is 8.97. The number of anilines is 1. The van der Waals surface area contributed by atoms with Crippen LogP contribution in [0.5, 0.6) is 0 Å². The predicted octanol–water partition coefficient (Wildman–Crippen LogP) is 3.89. The Balaban J connectivity index is 2.04. The highest BCUT2D eigenvalue weighted by atomic mass is 32.2. The van der Waals surface area contributed by atoms with Crippen molar-refractivity contribution < 1.29 is 0 Å². The Kier molecular flexibility index (Phi) is 4.54. The van der Waals surface area contributed by atoms with Gasteiger partial charge < -0.3 is 10.3 Å². The van der Waals surface area contributed by atoms with Crippen LogP contribution in [-0.2, 0) is 6.54 Å². The molecule has 0 unspecified atom stereocenters. The van der Waals surface area contributed by atoms with Gasteiger partial charge in [0.05, 0.1) is 5.52 Å². The van der Waals surface area contributed by atoms with Crippen molar-refractivity contribution in [1.82, 2.24) is 14.5 Å². The second-order valence-corrected chi connectivity index (χ2v) is 6.29. The fourth-order valence-corrected chi connectivity index (χ4v) is 3.46. The molecule has 3 aromatic rings. The number of unbranched alkanes of at least 4 members (excludes halogenated alkanes) is 1. The van der Waals surface area contributed by atoms with Crippen molar-refractivity contribution in [2.24, 2.45) is 0 Å². The van der Waals surface area contributed by atoms with E-state index in [9.17, 15) is 0 Å². The van der Waals surface area contributed by atoms with Crippen LogP contribution >= 0.6 is 11.8 Å². The maximum Gasteiger partial charge on any atom is 0.174 e. The lowest BCUT2D eigenvalue weighted by molar-refractivity contribution is 0.620. The molecule has 0 radical (unpaired) electrons. The van der Waals surface area contributed by atoms with Crippen LogP contribution in [-0.4, -0.2) is 14.5 Å². The molecule has 0 aliphatic carbocycles. The molecule has 4 nitrogen and oxygen atoms in total.